The molecule has 0 bridgehead atoms. The van der Waals surface area contributed by atoms with E-state index in [-0.39, 0.29) is 30.9 Å². The second-order valence-electron chi connectivity index (χ2n) is 6.97. The van der Waals surface area contributed by atoms with Gasteiger partial charge in [0.05, 0.1) is 19.1 Å². The third-order valence-electron chi connectivity index (χ3n) is 4.56. The Kier molecular flexibility index (Phi) is 10.2. The number of nitrogens with one attached hydrogen (secondary N) is 4. The summed E-state index contributed by atoms with van der Waals surface area (Å²) in [6.45, 7) is 6.42. The van der Waals surface area contributed by atoms with Crippen molar-refractivity contribution in [2.75, 3.05) is 43.5 Å². The lowest BCUT2D eigenvalue weighted by Crippen LogP contribution is -2.40. The first-order valence-electron chi connectivity index (χ1n) is 10.4. The molecule has 30 heavy (non-hydrogen) atoms. The summed E-state index contributed by atoms with van der Waals surface area (Å²) in [4.78, 5) is 36.3. The molecule has 1 aromatic rings. The first-order valence-corrected chi connectivity index (χ1v) is 10.4. The molecule has 2 atom stereocenters. The summed E-state index contributed by atoms with van der Waals surface area (Å²) in [6.07, 6.45) is 3.29. The number of rotatable bonds is 13. The summed E-state index contributed by atoms with van der Waals surface area (Å²) in [5.74, 6) is 0.0542. The Morgan fingerprint density at radius 2 is 2.13 bits per heavy atom. The molecule has 1 aliphatic rings. The topological polar surface area (TPSA) is 154 Å². The molecule has 0 aromatic carbocycles. The first kappa shape index (κ1) is 23.7. The highest BCUT2D eigenvalue weighted by Crippen LogP contribution is 2.17. The predicted octanol–water partition coefficient (Wildman–Crippen LogP) is 0.452. The van der Waals surface area contributed by atoms with Crippen LogP contribution in [-0.4, -0.2) is 70.3 Å². The van der Waals surface area contributed by atoms with Gasteiger partial charge in [0, 0.05) is 19.6 Å². The highest BCUT2D eigenvalue weighted by atomic mass is 16.5. The van der Waals surface area contributed by atoms with E-state index in [1.165, 1.54) is 0 Å². The number of carbonyl (C=O) groups excluding carboxylic acids is 2. The molecule has 0 saturated carbocycles. The van der Waals surface area contributed by atoms with E-state index in [9.17, 15) is 14.8 Å². The largest absolute Gasteiger partial charge is 0.368 e. The van der Waals surface area contributed by atoms with Crippen LogP contribution in [0.3, 0.4) is 0 Å². The van der Waals surface area contributed by atoms with Crippen LogP contribution in [0.5, 0.6) is 0 Å². The summed E-state index contributed by atoms with van der Waals surface area (Å²) in [5.41, 5.74) is 5.29. The Hall–Kier alpha value is -2.57. The van der Waals surface area contributed by atoms with Crippen molar-refractivity contribution in [3.8, 4) is 0 Å². The number of hydrogen-bond donors (Lipinski definition) is 5. The van der Waals surface area contributed by atoms with Crippen molar-refractivity contribution >= 4 is 24.2 Å². The zero-order valence-corrected chi connectivity index (χ0v) is 17.6. The van der Waals surface area contributed by atoms with Crippen LogP contribution in [-0.2, 0) is 14.3 Å². The van der Waals surface area contributed by atoms with Crippen LogP contribution >= 0.6 is 0 Å². The van der Waals surface area contributed by atoms with Crippen LogP contribution in [0.15, 0.2) is 0 Å². The van der Waals surface area contributed by atoms with Crippen molar-refractivity contribution < 1.29 is 19.5 Å². The van der Waals surface area contributed by atoms with Crippen LogP contribution in [0.25, 0.3) is 0 Å². The van der Waals surface area contributed by atoms with Gasteiger partial charge in [-0.3, -0.25) is 25.6 Å². The van der Waals surface area contributed by atoms with Crippen LogP contribution in [0.4, 0.5) is 11.9 Å². The van der Waals surface area contributed by atoms with Gasteiger partial charge >= 0.3 is 0 Å². The molecule has 0 aliphatic carbocycles. The van der Waals surface area contributed by atoms with Crippen molar-refractivity contribution in [3.05, 3.63) is 5.82 Å². The number of amides is 2. The maximum atomic E-state index is 12.6. The van der Waals surface area contributed by atoms with Crippen LogP contribution in [0.1, 0.15) is 51.5 Å². The third kappa shape index (κ3) is 7.69. The molecular formula is C18H32N8O4. The van der Waals surface area contributed by atoms with Gasteiger partial charge in [-0.05, 0) is 13.3 Å². The number of hydrazine groups is 1. The minimum atomic E-state index is -0.570. The van der Waals surface area contributed by atoms with Crippen molar-refractivity contribution in [2.45, 2.75) is 45.6 Å². The first-order chi connectivity index (χ1) is 14.6. The highest BCUT2D eigenvalue weighted by molar-refractivity contribution is 5.80. The molecule has 2 heterocycles. The molecule has 12 nitrogen and oxygen atoms in total. The molecular weight excluding hydrogens is 392 g/mol. The lowest BCUT2D eigenvalue weighted by Gasteiger charge is -2.23. The summed E-state index contributed by atoms with van der Waals surface area (Å²) < 4.78 is 5.70. The van der Waals surface area contributed by atoms with Gasteiger partial charge in [0.25, 0.3) is 0 Å². The molecule has 1 aliphatic heterocycles. The van der Waals surface area contributed by atoms with Gasteiger partial charge in [-0.1, -0.05) is 26.2 Å². The number of aromatic nitrogens is 3. The molecule has 2 amide bonds. The zero-order chi connectivity index (χ0) is 21.8. The number of morpholine rings is 1. The third-order valence-corrected chi connectivity index (χ3v) is 4.56. The van der Waals surface area contributed by atoms with Crippen molar-refractivity contribution in [1.82, 2.24) is 30.8 Å². The molecule has 2 rings (SSSR count). The van der Waals surface area contributed by atoms with E-state index in [2.05, 4.69) is 43.4 Å². The highest BCUT2D eigenvalue weighted by Gasteiger charge is 2.23. The molecule has 1 unspecified atom stereocenters. The van der Waals surface area contributed by atoms with Gasteiger partial charge in [-0.15, -0.1) is 0 Å². The fourth-order valence-corrected chi connectivity index (χ4v) is 3.00. The maximum Gasteiger partial charge on any atom is 0.246 e. The molecule has 1 aromatic heterocycles. The molecule has 1 fully saturated rings. The Bertz CT molecular complexity index is 672. The normalized spacial score (nSPS) is 17.1. The minimum Gasteiger partial charge on any atom is -0.368 e. The number of hydrogen-bond acceptors (Lipinski definition) is 10. The van der Waals surface area contributed by atoms with E-state index in [1.807, 2.05) is 6.92 Å². The average Bonchev–Trinajstić information content (AvgIpc) is 2.77. The van der Waals surface area contributed by atoms with Gasteiger partial charge in [0.1, 0.15) is 6.10 Å². The number of hydroxylamine groups is 2. The molecule has 1 saturated heterocycles. The Morgan fingerprint density at radius 3 is 2.80 bits per heavy atom. The smallest absolute Gasteiger partial charge is 0.246 e. The average molecular weight is 425 g/mol. The van der Waals surface area contributed by atoms with Crippen molar-refractivity contribution in [1.29, 1.82) is 0 Å². The number of carbonyl (C=O) groups is 2. The van der Waals surface area contributed by atoms with Crippen LogP contribution < -0.4 is 21.5 Å². The van der Waals surface area contributed by atoms with Crippen LogP contribution in [0, 0.1) is 5.92 Å². The fraction of sp³-hybridized carbons (Fsp3) is 0.722. The Labute approximate surface area is 176 Å². The SMILES string of the molecule is CCCCC[C@H](CN(O)C=O)C(=O)NNc1nc(NCC)nc(C2CNCCO2)n1. The lowest BCUT2D eigenvalue weighted by molar-refractivity contribution is -0.154. The fourth-order valence-electron chi connectivity index (χ4n) is 3.00. The number of unbranched alkanes of at least 4 members (excludes halogenated alkanes) is 2. The number of nitrogens with zero attached hydrogens (tertiary/aromatic N) is 4. The minimum absolute atomic E-state index is 0.0899. The summed E-state index contributed by atoms with van der Waals surface area (Å²) >= 11 is 0. The lowest BCUT2D eigenvalue weighted by atomic mass is 10.0. The number of ether oxygens (including phenoxy) is 1. The monoisotopic (exact) mass is 424 g/mol. The second-order valence-corrected chi connectivity index (χ2v) is 6.97. The van der Waals surface area contributed by atoms with E-state index < -0.39 is 5.92 Å². The van der Waals surface area contributed by atoms with Gasteiger partial charge in [0.2, 0.25) is 24.2 Å². The van der Waals surface area contributed by atoms with Gasteiger partial charge < -0.3 is 15.4 Å². The molecule has 0 spiro atoms. The van der Waals surface area contributed by atoms with E-state index in [0.717, 1.165) is 25.8 Å². The zero-order valence-electron chi connectivity index (χ0n) is 17.6. The summed E-state index contributed by atoms with van der Waals surface area (Å²) in [5, 5.41) is 16.2. The van der Waals surface area contributed by atoms with Crippen molar-refractivity contribution in [2.24, 2.45) is 5.92 Å². The van der Waals surface area contributed by atoms with Crippen LogP contribution in [0.2, 0.25) is 0 Å². The van der Waals surface area contributed by atoms with Gasteiger partial charge in [-0.2, -0.15) is 15.0 Å². The maximum absolute atomic E-state index is 12.6. The number of anilines is 2. The summed E-state index contributed by atoms with van der Waals surface area (Å²) in [7, 11) is 0. The predicted molar refractivity (Wildman–Crippen MR) is 110 cm³/mol. The van der Waals surface area contributed by atoms with Gasteiger partial charge in [0.15, 0.2) is 5.82 Å². The second kappa shape index (κ2) is 12.9. The van der Waals surface area contributed by atoms with E-state index in [0.29, 0.717) is 43.0 Å². The van der Waals surface area contributed by atoms with E-state index in [4.69, 9.17) is 4.74 Å². The molecule has 0 radical (unpaired) electrons. The molecule has 168 valence electrons. The Balaban J connectivity index is 2.05. The van der Waals surface area contributed by atoms with E-state index in [1.54, 1.807) is 0 Å². The Morgan fingerprint density at radius 1 is 1.33 bits per heavy atom. The quantitative estimate of drug-likeness (QED) is 0.130. The standard InChI is InChI=1S/C18H32N8O4/c1-3-5-6-7-13(11-26(29)12-27)16(28)24-25-18-22-15(14-10-19-8-9-30-14)21-17(23-18)20-4-2/h12-14,19,29H,3-11H2,1-2H3,(H,24,28)(H2,20,21,22,23,25)/t13-,14?/m1/s1. The van der Waals surface area contributed by atoms with Gasteiger partial charge in [-0.25, -0.2) is 5.06 Å². The molecule has 12 heteroatoms. The summed E-state index contributed by atoms with van der Waals surface area (Å²) in [6, 6.07) is 0. The molecule has 5 N–H and O–H groups in total. The van der Waals surface area contributed by atoms with Crippen molar-refractivity contribution in [3.63, 3.8) is 0 Å². The van der Waals surface area contributed by atoms with E-state index >= 15 is 0 Å².